The van der Waals surface area contributed by atoms with Gasteiger partial charge < -0.3 is 19.9 Å². The van der Waals surface area contributed by atoms with Crippen LogP contribution >= 0.6 is 0 Å². The molecule has 0 bridgehead atoms. The zero-order chi connectivity index (χ0) is 22.1. The lowest BCUT2D eigenvalue weighted by Gasteiger charge is -2.53. The fourth-order valence-electron chi connectivity index (χ4n) is 5.70. The maximum Gasteiger partial charge on any atom is 0.254 e. The number of carbonyl (C=O) groups excluding carboxylic acids is 2. The topological polar surface area (TPSA) is 74.4 Å². The molecule has 0 radical (unpaired) electrons. The van der Waals surface area contributed by atoms with Crippen LogP contribution in [-0.4, -0.2) is 47.5 Å². The van der Waals surface area contributed by atoms with E-state index in [0.29, 0.717) is 18.7 Å². The maximum atomic E-state index is 13.9. The molecule has 1 aliphatic heterocycles. The number of H-pyrrole nitrogens is 1. The van der Waals surface area contributed by atoms with E-state index in [1.807, 2.05) is 59.6 Å². The fourth-order valence-corrected chi connectivity index (χ4v) is 5.70. The van der Waals surface area contributed by atoms with Crippen molar-refractivity contribution in [1.82, 2.24) is 9.88 Å². The van der Waals surface area contributed by atoms with Crippen molar-refractivity contribution < 1.29 is 14.3 Å². The summed E-state index contributed by atoms with van der Waals surface area (Å²) in [5.74, 6) is -0.461. The number of anilines is 1. The number of hydrogen-bond donors (Lipinski definition) is 2. The SMILES string of the molecule is COCCN1C(=O)c2ccccc2[C@@H](C(=O)Nc2ccc3[nH]ccc3c2)C12CCCCC2. The predicted molar refractivity (Wildman–Crippen MR) is 125 cm³/mol. The lowest BCUT2D eigenvalue weighted by Crippen LogP contribution is -2.62. The van der Waals surface area contributed by atoms with Gasteiger partial charge in [-0.1, -0.05) is 37.5 Å². The summed E-state index contributed by atoms with van der Waals surface area (Å²) in [4.78, 5) is 32.6. The van der Waals surface area contributed by atoms with E-state index >= 15 is 0 Å². The van der Waals surface area contributed by atoms with Crippen LogP contribution in [0.15, 0.2) is 54.7 Å². The number of nitrogens with one attached hydrogen (secondary N) is 2. The summed E-state index contributed by atoms with van der Waals surface area (Å²) in [5, 5.41) is 4.23. The van der Waals surface area contributed by atoms with Gasteiger partial charge in [0, 0.05) is 42.0 Å². The molecule has 1 aliphatic carbocycles. The Morgan fingerprint density at radius 1 is 1.16 bits per heavy atom. The fraction of sp³-hybridized carbons (Fsp3) is 0.385. The lowest BCUT2D eigenvalue weighted by atomic mass is 9.65. The van der Waals surface area contributed by atoms with Gasteiger partial charge in [-0.25, -0.2) is 0 Å². The van der Waals surface area contributed by atoms with Crippen molar-refractivity contribution in [2.75, 3.05) is 25.6 Å². The number of methoxy groups -OCH3 is 1. The largest absolute Gasteiger partial charge is 0.383 e. The average molecular weight is 432 g/mol. The molecule has 0 unspecified atom stereocenters. The molecule has 3 aromatic rings. The molecule has 6 nitrogen and oxygen atoms in total. The highest BCUT2D eigenvalue weighted by atomic mass is 16.5. The number of rotatable bonds is 5. The van der Waals surface area contributed by atoms with E-state index in [-0.39, 0.29) is 11.8 Å². The van der Waals surface area contributed by atoms with Gasteiger partial charge in [-0.3, -0.25) is 9.59 Å². The molecule has 2 N–H and O–H groups in total. The van der Waals surface area contributed by atoms with Crippen LogP contribution in [0.1, 0.15) is 53.9 Å². The van der Waals surface area contributed by atoms with Gasteiger partial charge in [0.1, 0.15) is 0 Å². The standard InChI is InChI=1S/C26H29N3O3/c1-32-16-15-29-25(31)21-8-4-3-7-20(21)23(26(29)12-5-2-6-13-26)24(30)28-19-9-10-22-18(17-19)11-14-27-22/h3-4,7-11,14,17,23,27H,2,5-6,12-13,15-16H2,1H3,(H,28,30)/t23-/m0/s1. The number of benzene rings is 2. The van der Waals surface area contributed by atoms with E-state index in [1.165, 1.54) is 0 Å². The molecule has 1 aromatic heterocycles. The Morgan fingerprint density at radius 3 is 2.78 bits per heavy atom. The Hall–Kier alpha value is -3.12. The van der Waals surface area contributed by atoms with Crippen molar-refractivity contribution in [3.05, 3.63) is 65.9 Å². The molecule has 166 valence electrons. The van der Waals surface area contributed by atoms with Crippen molar-refractivity contribution in [1.29, 1.82) is 0 Å². The van der Waals surface area contributed by atoms with Gasteiger partial charge in [0.15, 0.2) is 0 Å². The van der Waals surface area contributed by atoms with Crippen LogP contribution in [0.25, 0.3) is 10.9 Å². The average Bonchev–Trinajstić information content (AvgIpc) is 3.28. The van der Waals surface area contributed by atoms with E-state index < -0.39 is 11.5 Å². The minimum absolute atomic E-state index is 0.0114. The van der Waals surface area contributed by atoms with Crippen LogP contribution in [0, 0.1) is 0 Å². The van der Waals surface area contributed by atoms with Gasteiger partial charge in [-0.15, -0.1) is 0 Å². The first-order chi connectivity index (χ1) is 15.6. The van der Waals surface area contributed by atoms with Gasteiger partial charge in [0.2, 0.25) is 5.91 Å². The molecule has 2 aromatic carbocycles. The summed E-state index contributed by atoms with van der Waals surface area (Å²) in [6, 6.07) is 15.5. The third-order valence-corrected chi connectivity index (χ3v) is 7.14. The number of aromatic nitrogens is 1. The highest BCUT2D eigenvalue weighted by Crippen LogP contribution is 2.49. The minimum Gasteiger partial charge on any atom is -0.383 e. The zero-order valence-electron chi connectivity index (χ0n) is 18.4. The second kappa shape index (κ2) is 8.43. The molecule has 1 fully saturated rings. The van der Waals surface area contributed by atoms with Gasteiger partial charge in [0.25, 0.3) is 5.91 Å². The van der Waals surface area contributed by atoms with Gasteiger partial charge in [0.05, 0.1) is 18.1 Å². The van der Waals surface area contributed by atoms with E-state index in [2.05, 4.69) is 10.3 Å². The van der Waals surface area contributed by atoms with Crippen LogP contribution in [0.2, 0.25) is 0 Å². The van der Waals surface area contributed by atoms with Crippen molar-refractivity contribution >= 4 is 28.4 Å². The molecular weight excluding hydrogens is 402 g/mol. The van der Waals surface area contributed by atoms with Crippen molar-refractivity contribution in [3.8, 4) is 0 Å². The number of aromatic amines is 1. The van der Waals surface area contributed by atoms with Crippen LogP contribution in [0.5, 0.6) is 0 Å². The predicted octanol–water partition coefficient (Wildman–Crippen LogP) is 4.70. The number of nitrogens with zero attached hydrogens (tertiary/aromatic N) is 1. The number of ether oxygens (including phenoxy) is 1. The lowest BCUT2D eigenvalue weighted by molar-refractivity contribution is -0.122. The van der Waals surface area contributed by atoms with Crippen LogP contribution < -0.4 is 5.32 Å². The molecule has 32 heavy (non-hydrogen) atoms. The molecule has 6 heteroatoms. The summed E-state index contributed by atoms with van der Waals surface area (Å²) >= 11 is 0. The van der Waals surface area contributed by atoms with Crippen molar-refractivity contribution in [3.63, 3.8) is 0 Å². The third kappa shape index (κ3) is 3.39. The van der Waals surface area contributed by atoms with E-state index in [1.54, 1.807) is 7.11 Å². The van der Waals surface area contributed by atoms with Crippen LogP contribution in [0.3, 0.4) is 0 Å². The first-order valence-corrected chi connectivity index (χ1v) is 11.4. The highest BCUT2D eigenvalue weighted by Gasteiger charge is 2.54. The molecule has 1 spiro atoms. The molecule has 2 heterocycles. The molecule has 0 saturated heterocycles. The summed E-state index contributed by atoms with van der Waals surface area (Å²) in [6.07, 6.45) is 6.70. The Kier molecular flexibility index (Phi) is 5.47. The van der Waals surface area contributed by atoms with Crippen LogP contribution in [0.4, 0.5) is 5.69 Å². The molecule has 1 saturated carbocycles. The van der Waals surface area contributed by atoms with Gasteiger partial charge in [-0.05, 0) is 48.7 Å². The number of amides is 2. The Morgan fingerprint density at radius 2 is 1.97 bits per heavy atom. The smallest absolute Gasteiger partial charge is 0.254 e. The summed E-state index contributed by atoms with van der Waals surface area (Å²) < 4.78 is 5.34. The second-order valence-corrected chi connectivity index (χ2v) is 8.90. The minimum atomic E-state index is -0.523. The highest BCUT2D eigenvalue weighted by molar-refractivity contribution is 6.05. The first kappa shape index (κ1) is 20.8. The maximum absolute atomic E-state index is 13.9. The zero-order valence-corrected chi connectivity index (χ0v) is 18.4. The Labute approximate surface area is 187 Å². The normalized spacial score (nSPS) is 19.8. The monoisotopic (exact) mass is 431 g/mol. The van der Waals surface area contributed by atoms with E-state index in [9.17, 15) is 9.59 Å². The Balaban J connectivity index is 1.58. The quantitative estimate of drug-likeness (QED) is 0.615. The summed E-state index contributed by atoms with van der Waals surface area (Å²) in [7, 11) is 1.65. The summed E-state index contributed by atoms with van der Waals surface area (Å²) in [5.41, 5.74) is 2.75. The number of carbonyl (C=O) groups is 2. The van der Waals surface area contributed by atoms with Gasteiger partial charge >= 0.3 is 0 Å². The van der Waals surface area contributed by atoms with Crippen LogP contribution in [-0.2, 0) is 9.53 Å². The van der Waals surface area contributed by atoms with E-state index in [0.717, 1.165) is 54.3 Å². The second-order valence-electron chi connectivity index (χ2n) is 8.90. The van der Waals surface area contributed by atoms with Gasteiger partial charge in [-0.2, -0.15) is 0 Å². The van der Waals surface area contributed by atoms with Crippen molar-refractivity contribution in [2.24, 2.45) is 0 Å². The first-order valence-electron chi connectivity index (χ1n) is 11.4. The third-order valence-electron chi connectivity index (χ3n) is 7.14. The number of hydrogen-bond acceptors (Lipinski definition) is 3. The van der Waals surface area contributed by atoms with E-state index in [4.69, 9.17) is 4.74 Å². The van der Waals surface area contributed by atoms with Crippen molar-refractivity contribution in [2.45, 2.75) is 43.6 Å². The molecule has 1 atom stereocenters. The molecule has 2 amide bonds. The molecule has 5 rings (SSSR count). The number of fused-ring (bicyclic) bond motifs is 2. The Bertz CT molecular complexity index is 1150. The molecular formula is C26H29N3O3. The summed E-state index contributed by atoms with van der Waals surface area (Å²) in [6.45, 7) is 0.941. The molecule has 2 aliphatic rings.